The van der Waals surface area contributed by atoms with Crippen LogP contribution in [0.4, 0.5) is 0 Å². The van der Waals surface area contributed by atoms with Gasteiger partial charge < -0.3 is 15.3 Å². The van der Waals surface area contributed by atoms with Crippen LogP contribution in [-0.2, 0) is 20.8 Å². The molecule has 2 N–H and O–H groups in total. The molecular weight excluding hydrogens is 495 g/mol. The molecule has 0 aliphatic carbocycles. The number of halogens is 2. The predicted octanol–water partition coefficient (Wildman–Crippen LogP) is 4.78. The van der Waals surface area contributed by atoms with E-state index < -0.39 is 12.0 Å². The van der Waals surface area contributed by atoms with Gasteiger partial charge in [0.05, 0.1) is 10.0 Å². The van der Waals surface area contributed by atoms with Crippen molar-refractivity contribution in [3.05, 3.63) is 69.7 Å². The lowest BCUT2D eigenvalue weighted by Crippen LogP contribution is -2.48. The second kappa shape index (κ2) is 12.3. The summed E-state index contributed by atoms with van der Waals surface area (Å²) in [5.74, 6) is -1.87. The maximum absolute atomic E-state index is 12.7. The average Bonchev–Trinajstić information content (AvgIpc) is 2.85. The van der Waals surface area contributed by atoms with Gasteiger partial charge in [-0.05, 0) is 42.4 Å². The van der Waals surface area contributed by atoms with E-state index in [0.29, 0.717) is 41.5 Å². The molecule has 0 bridgehead atoms. The van der Waals surface area contributed by atoms with Crippen LogP contribution in [0, 0.1) is 5.92 Å². The van der Waals surface area contributed by atoms with Crippen LogP contribution in [0.1, 0.15) is 24.0 Å². The Morgan fingerprint density at radius 2 is 1.79 bits per heavy atom. The topological polar surface area (TPSA) is 86.7 Å². The Morgan fingerprint density at radius 3 is 2.41 bits per heavy atom. The monoisotopic (exact) mass is 520 g/mol. The number of carbonyl (C=O) groups excluding carboxylic acids is 2. The van der Waals surface area contributed by atoms with E-state index in [1.807, 2.05) is 48.7 Å². The standard InChI is InChI=1S/C25H26Cl2N2O4S/c1-34-20-9-7-17(22(26)23(20)27)8-10-21(30)29-13-11-18(12-14-29)24(31)28-19(25(32)33)15-16-5-3-2-4-6-16/h2-10,18-19H,11-15H2,1H3,(H,28,31)(H,32,33)/b10-8+. The number of carboxylic acids is 1. The molecule has 2 aromatic rings. The van der Waals surface area contributed by atoms with E-state index in [2.05, 4.69) is 5.32 Å². The molecule has 0 saturated carbocycles. The number of carboxylic acid groups (broad SMARTS) is 1. The molecule has 6 nitrogen and oxygen atoms in total. The Balaban J connectivity index is 1.53. The van der Waals surface area contributed by atoms with Gasteiger partial charge in [0.1, 0.15) is 6.04 Å². The van der Waals surface area contributed by atoms with Crippen molar-refractivity contribution in [3.8, 4) is 0 Å². The third-order valence-electron chi connectivity index (χ3n) is 5.78. The van der Waals surface area contributed by atoms with E-state index in [0.717, 1.165) is 10.5 Å². The number of rotatable bonds is 8. The van der Waals surface area contributed by atoms with Gasteiger partial charge in [-0.3, -0.25) is 9.59 Å². The number of hydrogen-bond acceptors (Lipinski definition) is 4. The van der Waals surface area contributed by atoms with E-state index in [9.17, 15) is 19.5 Å². The second-order valence-corrected chi connectivity index (χ2v) is 9.61. The summed E-state index contributed by atoms with van der Waals surface area (Å²) in [6.07, 6.45) is 6.16. The zero-order valence-electron chi connectivity index (χ0n) is 18.7. The number of thioether (sulfide) groups is 1. The van der Waals surface area contributed by atoms with E-state index >= 15 is 0 Å². The number of piperidine rings is 1. The maximum atomic E-state index is 12.7. The molecule has 1 aliphatic rings. The SMILES string of the molecule is CSc1ccc(/C=C/C(=O)N2CCC(C(=O)NC(Cc3ccccc3)C(=O)O)CC2)c(Cl)c1Cl. The summed E-state index contributed by atoms with van der Waals surface area (Å²) >= 11 is 14.1. The number of nitrogens with one attached hydrogen (secondary N) is 1. The first-order chi connectivity index (χ1) is 16.3. The minimum absolute atomic E-state index is 0.174. The molecule has 2 amide bonds. The highest BCUT2D eigenvalue weighted by atomic mass is 35.5. The Labute approximate surface area is 213 Å². The van der Waals surface area contributed by atoms with Gasteiger partial charge in [0.15, 0.2) is 0 Å². The maximum Gasteiger partial charge on any atom is 0.326 e. The number of aliphatic carboxylic acids is 1. The van der Waals surface area contributed by atoms with Gasteiger partial charge in [0, 0.05) is 36.4 Å². The Kier molecular flexibility index (Phi) is 9.45. The molecular formula is C25H26Cl2N2O4S. The summed E-state index contributed by atoms with van der Waals surface area (Å²) < 4.78 is 0. The van der Waals surface area contributed by atoms with Crippen molar-refractivity contribution in [3.63, 3.8) is 0 Å². The molecule has 1 saturated heterocycles. The van der Waals surface area contributed by atoms with Crippen LogP contribution in [0.3, 0.4) is 0 Å². The molecule has 1 unspecified atom stereocenters. The third kappa shape index (κ3) is 6.78. The lowest BCUT2D eigenvalue weighted by Gasteiger charge is -2.31. The number of likely N-dealkylation sites (tertiary alicyclic amines) is 1. The molecule has 3 rings (SSSR count). The first-order valence-corrected chi connectivity index (χ1v) is 12.8. The molecule has 1 aliphatic heterocycles. The first-order valence-electron chi connectivity index (χ1n) is 10.9. The largest absolute Gasteiger partial charge is 0.480 e. The average molecular weight is 521 g/mol. The molecule has 1 atom stereocenters. The second-order valence-electron chi connectivity index (χ2n) is 8.01. The Morgan fingerprint density at radius 1 is 1.12 bits per heavy atom. The molecule has 34 heavy (non-hydrogen) atoms. The van der Waals surface area contributed by atoms with E-state index in [1.54, 1.807) is 11.0 Å². The number of nitrogens with zero attached hydrogens (tertiary/aromatic N) is 1. The van der Waals surface area contributed by atoms with Crippen LogP contribution in [0.15, 0.2) is 53.4 Å². The molecule has 0 spiro atoms. The highest BCUT2D eigenvalue weighted by Gasteiger charge is 2.29. The predicted molar refractivity (Wildman–Crippen MR) is 136 cm³/mol. The van der Waals surface area contributed by atoms with Crippen molar-refractivity contribution in [2.45, 2.75) is 30.2 Å². The zero-order valence-corrected chi connectivity index (χ0v) is 21.0. The first kappa shape index (κ1) is 26.1. The molecule has 2 aromatic carbocycles. The Hall–Kier alpha value is -2.48. The highest BCUT2D eigenvalue weighted by molar-refractivity contribution is 7.98. The smallest absolute Gasteiger partial charge is 0.326 e. The van der Waals surface area contributed by atoms with Crippen molar-refractivity contribution >= 4 is 58.8 Å². The fourth-order valence-corrected chi connectivity index (χ4v) is 4.97. The fourth-order valence-electron chi connectivity index (χ4n) is 3.80. The van der Waals surface area contributed by atoms with E-state index in [1.165, 1.54) is 17.8 Å². The quantitative estimate of drug-likeness (QED) is 0.386. The van der Waals surface area contributed by atoms with Crippen molar-refractivity contribution in [1.82, 2.24) is 10.2 Å². The van der Waals surface area contributed by atoms with Gasteiger partial charge in [-0.25, -0.2) is 4.79 Å². The van der Waals surface area contributed by atoms with Gasteiger partial charge in [0.25, 0.3) is 0 Å². The van der Waals surface area contributed by atoms with Gasteiger partial charge in [-0.1, -0.05) is 59.6 Å². The molecule has 1 fully saturated rings. The van der Waals surface area contributed by atoms with Gasteiger partial charge in [-0.15, -0.1) is 11.8 Å². The van der Waals surface area contributed by atoms with Crippen LogP contribution < -0.4 is 5.32 Å². The summed E-state index contributed by atoms with van der Waals surface area (Å²) in [7, 11) is 0. The summed E-state index contributed by atoms with van der Waals surface area (Å²) in [6, 6.07) is 11.9. The zero-order chi connectivity index (χ0) is 24.7. The molecule has 180 valence electrons. The van der Waals surface area contributed by atoms with Crippen molar-refractivity contribution in [2.75, 3.05) is 19.3 Å². The van der Waals surface area contributed by atoms with Crippen LogP contribution in [0.25, 0.3) is 6.08 Å². The van der Waals surface area contributed by atoms with Crippen LogP contribution in [0.2, 0.25) is 10.0 Å². The van der Waals surface area contributed by atoms with Gasteiger partial charge in [-0.2, -0.15) is 0 Å². The molecule has 0 aromatic heterocycles. The summed E-state index contributed by atoms with van der Waals surface area (Å²) in [5, 5.41) is 13.0. The van der Waals surface area contributed by atoms with Crippen molar-refractivity contribution in [1.29, 1.82) is 0 Å². The molecule has 0 radical (unpaired) electrons. The third-order valence-corrected chi connectivity index (χ3v) is 7.57. The van der Waals surface area contributed by atoms with E-state index in [4.69, 9.17) is 23.2 Å². The summed E-state index contributed by atoms with van der Waals surface area (Å²) in [6.45, 7) is 0.829. The van der Waals surface area contributed by atoms with E-state index in [-0.39, 0.29) is 24.2 Å². The lowest BCUT2D eigenvalue weighted by molar-refractivity contribution is -0.142. The minimum atomic E-state index is -1.07. The fraction of sp³-hybridized carbons (Fsp3) is 0.320. The lowest BCUT2D eigenvalue weighted by atomic mass is 9.95. The van der Waals surface area contributed by atoms with Crippen LogP contribution in [0.5, 0.6) is 0 Å². The number of amides is 2. The summed E-state index contributed by atoms with van der Waals surface area (Å²) in [4.78, 5) is 39.5. The van der Waals surface area contributed by atoms with Crippen LogP contribution in [-0.4, -0.2) is 53.2 Å². The minimum Gasteiger partial charge on any atom is -0.480 e. The molecule has 1 heterocycles. The van der Waals surface area contributed by atoms with Crippen LogP contribution >= 0.6 is 35.0 Å². The summed E-state index contributed by atoms with van der Waals surface area (Å²) in [5.41, 5.74) is 1.50. The normalized spacial score (nSPS) is 15.3. The number of carbonyl (C=O) groups is 3. The number of hydrogen-bond donors (Lipinski definition) is 2. The highest BCUT2D eigenvalue weighted by Crippen LogP contribution is 2.35. The van der Waals surface area contributed by atoms with Crippen molar-refractivity contribution < 1.29 is 19.5 Å². The molecule has 9 heteroatoms. The van der Waals surface area contributed by atoms with Crippen molar-refractivity contribution in [2.24, 2.45) is 5.92 Å². The Bertz CT molecular complexity index is 1070. The van der Waals surface area contributed by atoms with Gasteiger partial charge >= 0.3 is 5.97 Å². The number of benzene rings is 2. The van der Waals surface area contributed by atoms with Gasteiger partial charge in [0.2, 0.25) is 11.8 Å².